The van der Waals surface area contributed by atoms with Gasteiger partial charge in [-0.2, -0.15) is 0 Å². The summed E-state index contributed by atoms with van der Waals surface area (Å²) in [5.74, 6) is 0.237. The van der Waals surface area contributed by atoms with Gasteiger partial charge in [0.15, 0.2) is 0 Å². The molecular weight excluding hydrogens is 254 g/mol. The van der Waals surface area contributed by atoms with Crippen molar-refractivity contribution >= 4 is 0 Å². The van der Waals surface area contributed by atoms with Gasteiger partial charge in [0.1, 0.15) is 0 Å². The molecule has 0 radical (unpaired) electrons. The molecular formula is C16H17NO3. The summed E-state index contributed by atoms with van der Waals surface area (Å²) in [5.41, 5.74) is 4.66. The van der Waals surface area contributed by atoms with Crippen LogP contribution in [0.5, 0.6) is 11.8 Å². The highest BCUT2D eigenvalue weighted by molar-refractivity contribution is 5.57. The molecule has 1 aromatic carbocycles. The van der Waals surface area contributed by atoms with Crippen LogP contribution in [0, 0.1) is 13.8 Å². The zero-order valence-electron chi connectivity index (χ0n) is 11.6. The lowest BCUT2D eigenvalue weighted by molar-refractivity contribution is 0.0683. The Morgan fingerprint density at radius 2 is 1.60 bits per heavy atom. The van der Waals surface area contributed by atoms with Crippen LogP contribution in [-0.4, -0.2) is 14.8 Å². The van der Waals surface area contributed by atoms with Gasteiger partial charge in [0.05, 0.1) is 29.0 Å². The van der Waals surface area contributed by atoms with E-state index in [0.29, 0.717) is 0 Å². The molecule has 2 aromatic rings. The third kappa shape index (κ3) is 1.34. The summed E-state index contributed by atoms with van der Waals surface area (Å²) < 4.78 is 7.28. The Bertz CT molecular complexity index is 683. The van der Waals surface area contributed by atoms with Gasteiger partial charge in [-0.05, 0) is 49.9 Å². The standard InChI is InChI=1S/C16H17NO3/c1-8-3-4-10(7-9(8)2)17-15(18)13-11-5-6-12(20-11)14(13)16(17)19/h3-4,7,11-12,18-19H,5-6H2,1-2H3/t11-,12+. The topological polar surface area (TPSA) is 54.6 Å². The van der Waals surface area contributed by atoms with Crippen LogP contribution in [0.2, 0.25) is 0 Å². The Labute approximate surface area is 117 Å². The fourth-order valence-electron chi connectivity index (χ4n) is 3.39. The van der Waals surface area contributed by atoms with E-state index in [2.05, 4.69) is 0 Å². The Hall–Kier alpha value is -1.94. The summed E-state index contributed by atoms with van der Waals surface area (Å²) in [4.78, 5) is 0. The van der Waals surface area contributed by atoms with Crippen LogP contribution in [0.1, 0.15) is 47.3 Å². The Balaban J connectivity index is 1.94. The summed E-state index contributed by atoms with van der Waals surface area (Å²) in [6.45, 7) is 4.07. The number of rotatable bonds is 1. The summed E-state index contributed by atoms with van der Waals surface area (Å²) in [6.07, 6.45) is 1.71. The molecule has 0 spiro atoms. The van der Waals surface area contributed by atoms with E-state index < -0.39 is 0 Å². The van der Waals surface area contributed by atoms with Crippen molar-refractivity contribution < 1.29 is 14.9 Å². The molecule has 1 aromatic heterocycles. The molecule has 0 aliphatic carbocycles. The molecule has 1 saturated heterocycles. The van der Waals surface area contributed by atoms with Gasteiger partial charge in [-0.1, -0.05) is 6.07 Å². The van der Waals surface area contributed by atoms with Crippen molar-refractivity contribution in [3.05, 3.63) is 40.5 Å². The van der Waals surface area contributed by atoms with E-state index in [-0.39, 0.29) is 24.0 Å². The van der Waals surface area contributed by atoms with Gasteiger partial charge >= 0.3 is 0 Å². The van der Waals surface area contributed by atoms with E-state index in [1.807, 2.05) is 32.0 Å². The minimum atomic E-state index is -0.0614. The van der Waals surface area contributed by atoms with Crippen molar-refractivity contribution in [1.29, 1.82) is 0 Å². The van der Waals surface area contributed by atoms with Crippen molar-refractivity contribution in [3.63, 3.8) is 0 Å². The van der Waals surface area contributed by atoms with Crippen LogP contribution in [-0.2, 0) is 4.74 Å². The molecule has 2 aliphatic rings. The second-order valence-corrected chi connectivity index (χ2v) is 5.77. The third-order valence-electron chi connectivity index (χ3n) is 4.61. The molecule has 1 fully saturated rings. The number of aromatic hydroxyl groups is 2. The molecule has 4 heteroatoms. The smallest absolute Gasteiger partial charge is 0.205 e. The fourth-order valence-corrected chi connectivity index (χ4v) is 3.39. The highest BCUT2D eigenvalue weighted by Gasteiger charge is 2.45. The molecule has 104 valence electrons. The van der Waals surface area contributed by atoms with Crippen molar-refractivity contribution in [2.24, 2.45) is 0 Å². The maximum Gasteiger partial charge on any atom is 0.205 e. The van der Waals surface area contributed by atoms with E-state index >= 15 is 0 Å². The van der Waals surface area contributed by atoms with Gasteiger partial charge in [-0.3, -0.25) is 4.57 Å². The number of hydrogen-bond donors (Lipinski definition) is 2. The Kier molecular flexibility index (Phi) is 2.25. The number of aryl methyl sites for hydroxylation is 2. The molecule has 4 nitrogen and oxygen atoms in total. The lowest BCUT2D eigenvalue weighted by Gasteiger charge is -2.11. The third-order valence-corrected chi connectivity index (χ3v) is 4.61. The second-order valence-electron chi connectivity index (χ2n) is 5.77. The first-order valence-corrected chi connectivity index (χ1v) is 6.97. The minimum absolute atomic E-state index is 0.0614. The largest absolute Gasteiger partial charge is 0.494 e. The summed E-state index contributed by atoms with van der Waals surface area (Å²) in [7, 11) is 0. The molecule has 2 N–H and O–H groups in total. The highest BCUT2D eigenvalue weighted by Crippen LogP contribution is 2.58. The highest BCUT2D eigenvalue weighted by atomic mass is 16.5. The Morgan fingerprint density at radius 1 is 1.00 bits per heavy atom. The lowest BCUT2D eigenvalue weighted by atomic mass is 9.95. The van der Waals surface area contributed by atoms with Crippen LogP contribution in [0.3, 0.4) is 0 Å². The maximum atomic E-state index is 10.5. The molecule has 2 bridgehead atoms. The van der Waals surface area contributed by atoms with E-state index in [0.717, 1.165) is 35.2 Å². The summed E-state index contributed by atoms with van der Waals surface area (Å²) in [5, 5.41) is 21.0. The number of aromatic nitrogens is 1. The number of hydrogen-bond acceptors (Lipinski definition) is 3. The van der Waals surface area contributed by atoms with E-state index in [1.165, 1.54) is 10.1 Å². The molecule has 0 amide bonds. The SMILES string of the molecule is Cc1ccc(-n2c(O)c3c(c2O)[C@H]2CC[C@@H]3O2)cc1C. The average molecular weight is 271 g/mol. The quantitative estimate of drug-likeness (QED) is 0.835. The second kappa shape index (κ2) is 3.79. The molecule has 0 unspecified atom stereocenters. The average Bonchev–Trinajstić information content (AvgIpc) is 3.08. The van der Waals surface area contributed by atoms with Crippen LogP contribution in [0.4, 0.5) is 0 Å². The Morgan fingerprint density at radius 3 is 2.15 bits per heavy atom. The van der Waals surface area contributed by atoms with Gasteiger partial charge in [0.2, 0.25) is 11.8 Å². The first-order chi connectivity index (χ1) is 9.58. The molecule has 0 saturated carbocycles. The van der Waals surface area contributed by atoms with Crippen molar-refractivity contribution in [3.8, 4) is 17.4 Å². The predicted octanol–water partition coefficient (Wildman–Crippen LogP) is 3.41. The first-order valence-electron chi connectivity index (χ1n) is 6.97. The van der Waals surface area contributed by atoms with Crippen LogP contribution in [0.25, 0.3) is 5.69 Å². The molecule has 20 heavy (non-hydrogen) atoms. The van der Waals surface area contributed by atoms with Crippen molar-refractivity contribution in [1.82, 2.24) is 4.57 Å². The van der Waals surface area contributed by atoms with Crippen LogP contribution in [0.15, 0.2) is 18.2 Å². The molecule has 2 aliphatic heterocycles. The summed E-state index contributed by atoms with van der Waals surface area (Å²) >= 11 is 0. The van der Waals surface area contributed by atoms with Gasteiger partial charge in [0.25, 0.3) is 0 Å². The first kappa shape index (κ1) is 11.9. The fraction of sp³-hybridized carbons (Fsp3) is 0.375. The minimum Gasteiger partial charge on any atom is -0.494 e. The number of nitrogens with zero attached hydrogens (tertiary/aromatic N) is 1. The predicted molar refractivity (Wildman–Crippen MR) is 74.4 cm³/mol. The van der Waals surface area contributed by atoms with E-state index in [1.54, 1.807) is 0 Å². The van der Waals surface area contributed by atoms with Crippen molar-refractivity contribution in [2.75, 3.05) is 0 Å². The molecule has 3 heterocycles. The van der Waals surface area contributed by atoms with E-state index in [9.17, 15) is 10.2 Å². The lowest BCUT2D eigenvalue weighted by Crippen LogP contribution is -1.97. The van der Waals surface area contributed by atoms with Gasteiger partial charge in [-0.15, -0.1) is 0 Å². The van der Waals surface area contributed by atoms with Crippen LogP contribution >= 0.6 is 0 Å². The van der Waals surface area contributed by atoms with Crippen molar-refractivity contribution in [2.45, 2.75) is 38.9 Å². The normalized spacial score (nSPS) is 23.3. The molecule has 4 rings (SSSR count). The van der Waals surface area contributed by atoms with Gasteiger partial charge in [0, 0.05) is 0 Å². The molecule has 2 atom stereocenters. The number of fused-ring (bicyclic) bond motifs is 5. The maximum absolute atomic E-state index is 10.5. The van der Waals surface area contributed by atoms with E-state index in [4.69, 9.17) is 4.74 Å². The number of benzene rings is 1. The monoisotopic (exact) mass is 271 g/mol. The van der Waals surface area contributed by atoms with Crippen LogP contribution < -0.4 is 0 Å². The number of ether oxygens (including phenoxy) is 1. The zero-order chi connectivity index (χ0) is 14.0. The summed E-state index contributed by atoms with van der Waals surface area (Å²) in [6, 6.07) is 5.90. The zero-order valence-corrected chi connectivity index (χ0v) is 11.6. The van der Waals surface area contributed by atoms with Gasteiger partial charge < -0.3 is 14.9 Å². The van der Waals surface area contributed by atoms with Gasteiger partial charge in [-0.25, -0.2) is 0 Å².